The second kappa shape index (κ2) is 7.14. The molecular weight excluding hydrogens is 256 g/mol. The van der Waals surface area contributed by atoms with Crippen LogP contribution in [0.4, 0.5) is 0 Å². The molecule has 1 aliphatic heterocycles. The van der Waals surface area contributed by atoms with E-state index in [4.69, 9.17) is 0 Å². The monoisotopic (exact) mass is 290 g/mol. The molecule has 2 rings (SSSR count). The molecule has 2 fully saturated rings. The van der Waals surface area contributed by atoms with E-state index in [0.717, 1.165) is 18.3 Å². The first-order chi connectivity index (χ1) is 9.95. The van der Waals surface area contributed by atoms with E-state index < -0.39 is 0 Å². The lowest BCUT2D eigenvalue weighted by molar-refractivity contribution is 0.0616. The van der Waals surface area contributed by atoms with Crippen LogP contribution in [0.25, 0.3) is 0 Å². The maximum absolute atomic E-state index is 9.57. The topological polar surface area (TPSA) is 27.0 Å². The van der Waals surface area contributed by atoms with Crippen molar-refractivity contribution < 1.29 is 0 Å². The van der Waals surface area contributed by atoms with Crippen molar-refractivity contribution in [3.8, 4) is 6.07 Å². The highest BCUT2D eigenvalue weighted by Gasteiger charge is 2.38. The number of nitrogens with zero attached hydrogens (tertiary/aromatic N) is 2. The Bertz CT molecular complexity index is 363. The fourth-order valence-electron chi connectivity index (χ4n) is 4.41. The number of hydrogen-bond donors (Lipinski definition) is 0. The zero-order valence-electron chi connectivity index (χ0n) is 14.6. The third-order valence-electron chi connectivity index (χ3n) is 6.14. The van der Waals surface area contributed by atoms with Gasteiger partial charge in [0, 0.05) is 6.04 Å². The Hall–Kier alpha value is -0.550. The zero-order chi connectivity index (χ0) is 15.5. The minimum absolute atomic E-state index is 0.266. The second-order valence-electron chi connectivity index (χ2n) is 8.42. The highest BCUT2D eigenvalue weighted by Crippen LogP contribution is 2.42. The van der Waals surface area contributed by atoms with Crippen molar-refractivity contribution in [2.45, 2.75) is 78.7 Å². The van der Waals surface area contributed by atoms with Gasteiger partial charge in [-0.05, 0) is 68.9 Å². The summed E-state index contributed by atoms with van der Waals surface area (Å²) in [6.45, 7) is 11.9. The van der Waals surface area contributed by atoms with Gasteiger partial charge in [-0.3, -0.25) is 4.90 Å². The predicted molar refractivity (Wildman–Crippen MR) is 88.9 cm³/mol. The molecule has 1 saturated carbocycles. The molecule has 1 aliphatic carbocycles. The maximum Gasteiger partial charge on any atom is 0.0672 e. The van der Waals surface area contributed by atoms with Crippen molar-refractivity contribution in [3.05, 3.63) is 0 Å². The molecule has 2 heteroatoms. The van der Waals surface area contributed by atoms with Crippen LogP contribution < -0.4 is 0 Å². The second-order valence-corrected chi connectivity index (χ2v) is 8.42. The molecule has 4 atom stereocenters. The summed E-state index contributed by atoms with van der Waals surface area (Å²) in [5.41, 5.74) is 0.385. The Balaban J connectivity index is 2.05. The Kier molecular flexibility index (Phi) is 5.72. The van der Waals surface area contributed by atoms with Gasteiger partial charge in [0.2, 0.25) is 0 Å². The smallest absolute Gasteiger partial charge is 0.0672 e. The highest BCUT2D eigenvalue weighted by atomic mass is 15.2. The Morgan fingerprint density at radius 3 is 2.48 bits per heavy atom. The van der Waals surface area contributed by atoms with E-state index in [1.807, 2.05) is 0 Å². The van der Waals surface area contributed by atoms with Crippen LogP contribution in [0.2, 0.25) is 0 Å². The summed E-state index contributed by atoms with van der Waals surface area (Å²) >= 11 is 0. The minimum Gasteiger partial charge on any atom is -0.299 e. The first-order valence-corrected chi connectivity index (χ1v) is 9.09. The Morgan fingerprint density at radius 1 is 1.10 bits per heavy atom. The maximum atomic E-state index is 9.57. The van der Waals surface area contributed by atoms with E-state index in [9.17, 15) is 5.26 Å². The van der Waals surface area contributed by atoms with Gasteiger partial charge in [0.05, 0.1) is 12.0 Å². The fraction of sp³-hybridized carbons (Fsp3) is 0.947. The molecular formula is C19H34N2. The quantitative estimate of drug-likeness (QED) is 0.726. The number of nitriles is 1. The van der Waals surface area contributed by atoms with Gasteiger partial charge in [-0.2, -0.15) is 5.26 Å². The number of hydrogen-bond acceptors (Lipinski definition) is 2. The first-order valence-electron chi connectivity index (χ1n) is 9.09. The molecule has 0 amide bonds. The summed E-state index contributed by atoms with van der Waals surface area (Å²) < 4.78 is 0. The summed E-state index contributed by atoms with van der Waals surface area (Å²) in [6.07, 6.45) is 8.96. The van der Waals surface area contributed by atoms with Crippen LogP contribution in [0, 0.1) is 34.5 Å². The lowest BCUT2D eigenvalue weighted by Gasteiger charge is -2.44. The van der Waals surface area contributed by atoms with Crippen LogP contribution in [-0.2, 0) is 0 Å². The summed E-state index contributed by atoms with van der Waals surface area (Å²) in [6, 6.07) is 3.14. The molecule has 2 nitrogen and oxygen atoms in total. The van der Waals surface area contributed by atoms with Crippen LogP contribution >= 0.6 is 0 Å². The Morgan fingerprint density at radius 2 is 1.86 bits per heavy atom. The van der Waals surface area contributed by atoms with E-state index in [2.05, 4.69) is 38.7 Å². The molecule has 0 aromatic heterocycles. The van der Waals surface area contributed by atoms with E-state index in [1.54, 1.807) is 0 Å². The fourth-order valence-corrected chi connectivity index (χ4v) is 4.41. The molecule has 0 N–H and O–H groups in total. The molecule has 4 unspecified atom stereocenters. The number of likely N-dealkylation sites (tertiary alicyclic amines) is 1. The van der Waals surface area contributed by atoms with Gasteiger partial charge in [0.25, 0.3) is 0 Å². The van der Waals surface area contributed by atoms with Gasteiger partial charge in [-0.15, -0.1) is 0 Å². The summed E-state index contributed by atoms with van der Waals surface area (Å²) in [7, 11) is 0. The van der Waals surface area contributed by atoms with Gasteiger partial charge < -0.3 is 0 Å². The SMILES string of the molecule is CCC1CCCN(C2CC(C(C)(C)C)CCC2C#N)CC1. The average molecular weight is 290 g/mol. The molecule has 1 heterocycles. The van der Waals surface area contributed by atoms with Crippen molar-refractivity contribution in [2.75, 3.05) is 13.1 Å². The predicted octanol–water partition coefficient (Wildman–Crippen LogP) is 4.85. The van der Waals surface area contributed by atoms with Gasteiger partial charge in [-0.25, -0.2) is 0 Å². The van der Waals surface area contributed by atoms with Gasteiger partial charge in [-0.1, -0.05) is 34.1 Å². The van der Waals surface area contributed by atoms with Crippen LogP contribution in [-0.4, -0.2) is 24.0 Å². The van der Waals surface area contributed by atoms with Gasteiger partial charge >= 0.3 is 0 Å². The van der Waals surface area contributed by atoms with Crippen LogP contribution in [0.5, 0.6) is 0 Å². The molecule has 0 spiro atoms. The van der Waals surface area contributed by atoms with E-state index in [-0.39, 0.29) is 5.92 Å². The molecule has 1 saturated heterocycles. The highest BCUT2D eigenvalue weighted by molar-refractivity contribution is 4.99. The lowest BCUT2D eigenvalue weighted by atomic mass is 9.67. The van der Waals surface area contributed by atoms with E-state index in [0.29, 0.717) is 11.5 Å². The lowest BCUT2D eigenvalue weighted by Crippen LogP contribution is -2.46. The largest absolute Gasteiger partial charge is 0.299 e. The van der Waals surface area contributed by atoms with Crippen molar-refractivity contribution >= 4 is 0 Å². The zero-order valence-corrected chi connectivity index (χ0v) is 14.6. The normalized spacial score (nSPS) is 36.0. The van der Waals surface area contributed by atoms with Crippen molar-refractivity contribution in [2.24, 2.45) is 23.2 Å². The Labute approximate surface area is 131 Å². The summed E-state index contributed by atoms with van der Waals surface area (Å²) in [4.78, 5) is 2.68. The number of rotatable bonds is 2. The average Bonchev–Trinajstić information content (AvgIpc) is 2.70. The van der Waals surface area contributed by atoms with Gasteiger partial charge in [0.15, 0.2) is 0 Å². The van der Waals surface area contributed by atoms with Crippen LogP contribution in [0.3, 0.4) is 0 Å². The minimum atomic E-state index is 0.266. The molecule has 0 aromatic carbocycles. The van der Waals surface area contributed by atoms with Gasteiger partial charge in [0.1, 0.15) is 0 Å². The van der Waals surface area contributed by atoms with E-state index in [1.165, 1.54) is 51.6 Å². The molecule has 0 bridgehead atoms. The summed E-state index contributed by atoms with van der Waals surface area (Å²) in [5.74, 6) is 1.96. The van der Waals surface area contributed by atoms with Crippen LogP contribution in [0.1, 0.15) is 72.6 Å². The standard InChI is InChI=1S/C19H34N2/c1-5-15-7-6-11-21(12-10-15)18-13-17(19(2,3)4)9-8-16(18)14-20/h15-18H,5-13H2,1-4H3. The van der Waals surface area contributed by atoms with Crippen molar-refractivity contribution in [1.29, 1.82) is 5.26 Å². The third-order valence-corrected chi connectivity index (χ3v) is 6.14. The molecule has 0 aromatic rings. The molecule has 2 aliphatic rings. The van der Waals surface area contributed by atoms with Crippen molar-refractivity contribution in [3.63, 3.8) is 0 Å². The first kappa shape index (κ1) is 16.8. The third kappa shape index (κ3) is 4.22. The molecule has 21 heavy (non-hydrogen) atoms. The molecule has 0 radical (unpaired) electrons. The van der Waals surface area contributed by atoms with Crippen LogP contribution in [0.15, 0.2) is 0 Å². The summed E-state index contributed by atoms with van der Waals surface area (Å²) in [5, 5.41) is 9.57. The molecule has 120 valence electrons. The van der Waals surface area contributed by atoms with Crippen molar-refractivity contribution in [1.82, 2.24) is 4.90 Å². The van der Waals surface area contributed by atoms with E-state index >= 15 is 0 Å².